The molecule has 31 heavy (non-hydrogen) atoms. The third-order valence-corrected chi connectivity index (χ3v) is 4.43. The highest BCUT2D eigenvalue weighted by Gasteiger charge is 2.31. The number of carbonyl (C=O) groups is 1. The van der Waals surface area contributed by atoms with E-state index in [4.69, 9.17) is 9.57 Å². The molecule has 3 N–H and O–H groups in total. The van der Waals surface area contributed by atoms with Gasteiger partial charge < -0.3 is 20.1 Å². The number of ether oxygens (including phenoxy) is 1. The average molecular weight is 443 g/mol. The molecule has 0 saturated carbocycles. The number of carbonyl (C=O) groups excluding carboxylic acids is 1. The Balaban J connectivity index is 2.89. The van der Waals surface area contributed by atoms with Crippen molar-refractivity contribution in [1.29, 1.82) is 0 Å². The SMILES string of the molecule is CCCCC(=NO)C(C)CNOC(NC(=O)OC(C)(C)C)C(C)n1ccnc1[N+](=O)[O-]. The largest absolute Gasteiger partial charge is 0.444 e. The molecule has 0 fully saturated rings. The summed E-state index contributed by atoms with van der Waals surface area (Å²) in [4.78, 5) is 32.3. The molecule has 1 aromatic rings. The van der Waals surface area contributed by atoms with E-state index >= 15 is 0 Å². The lowest BCUT2D eigenvalue weighted by molar-refractivity contribution is -0.397. The Morgan fingerprint density at radius 2 is 2.10 bits per heavy atom. The molecule has 0 aliphatic heterocycles. The second kappa shape index (κ2) is 12.2. The summed E-state index contributed by atoms with van der Waals surface area (Å²) >= 11 is 0. The molecule has 176 valence electrons. The van der Waals surface area contributed by atoms with E-state index in [0.717, 1.165) is 12.8 Å². The van der Waals surface area contributed by atoms with Crippen molar-refractivity contribution in [2.75, 3.05) is 6.54 Å². The Morgan fingerprint density at radius 1 is 1.42 bits per heavy atom. The topological polar surface area (TPSA) is 153 Å². The Labute approximate surface area is 182 Å². The molecule has 1 aromatic heterocycles. The van der Waals surface area contributed by atoms with Crippen LogP contribution < -0.4 is 10.8 Å². The first kappa shape index (κ1) is 26.3. The number of nitrogens with one attached hydrogen (secondary N) is 2. The van der Waals surface area contributed by atoms with Gasteiger partial charge >= 0.3 is 12.0 Å². The predicted molar refractivity (Wildman–Crippen MR) is 114 cm³/mol. The zero-order valence-electron chi connectivity index (χ0n) is 19.0. The minimum absolute atomic E-state index is 0.128. The van der Waals surface area contributed by atoms with Gasteiger partial charge in [-0.15, -0.1) is 0 Å². The standard InChI is InChI=1S/C19H34N6O6/c1-7-8-9-15(23-27)13(2)12-21-31-16(22-18(26)30-19(4,5)6)14(3)24-11-10-20-17(24)25(28)29/h10-11,13-14,16,21,27H,7-9,12H2,1-6H3,(H,22,26). The van der Waals surface area contributed by atoms with Crippen LogP contribution in [0.5, 0.6) is 0 Å². The summed E-state index contributed by atoms with van der Waals surface area (Å²) in [7, 11) is 0. The number of hydrogen-bond donors (Lipinski definition) is 3. The molecule has 1 heterocycles. The number of aromatic nitrogens is 2. The third-order valence-electron chi connectivity index (χ3n) is 4.43. The molecule has 0 saturated heterocycles. The van der Waals surface area contributed by atoms with Crippen LogP contribution in [-0.2, 0) is 9.57 Å². The maximum atomic E-state index is 12.3. The number of hydroxylamine groups is 1. The fourth-order valence-electron chi connectivity index (χ4n) is 2.72. The van der Waals surface area contributed by atoms with E-state index in [1.807, 2.05) is 13.8 Å². The number of oxime groups is 1. The van der Waals surface area contributed by atoms with Gasteiger partial charge in [0.1, 0.15) is 24.0 Å². The molecular weight excluding hydrogens is 408 g/mol. The third kappa shape index (κ3) is 8.89. The molecule has 1 amide bonds. The van der Waals surface area contributed by atoms with Crippen LogP contribution in [0.3, 0.4) is 0 Å². The minimum atomic E-state index is -1.01. The quantitative estimate of drug-likeness (QED) is 0.146. The highest BCUT2D eigenvalue weighted by molar-refractivity contribution is 5.86. The van der Waals surface area contributed by atoms with Crippen LogP contribution in [0.1, 0.15) is 66.8 Å². The Morgan fingerprint density at radius 3 is 2.65 bits per heavy atom. The first-order valence-electron chi connectivity index (χ1n) is 10.3. The van der Waals surface area contributed by atoms with Gasteiger partial charge in [-0.1, -0.05) is 30.4 Å². The molecular formula is C19H34N6O6. The van der Waals surface area contributed by atoms with Gasteiger partial charge in [0, 0.05) is 12.5 Å². The van der Waals surface area contributed by atoms with E-state index in [-0.39, 0.29) is 11.9 Å². The maximum absolute atomic E-state index is 12.3. The van der Waals surface area contributed by atoms with Gasteiger partial charge in [0.25, 0.3) is 0 Å². The van der Waals surface area contributed by atoms with Crippen molar-refractivity contribution in [3.63, 3.8) is 0 Å². The number of nitrogens with zero attached hydrogens (tertiary/aromatic N) is 4. The smallest absolute Gasteiger partial charge is 0.434 e. The van der Waals surface area contributed by atoms with Crippen LogP contribution in [0, 0.1) is 16.0 Å². The Bertz CT molecular complexity index is 744. The van der Waals surface area contributed by atoms with E-state index in [9.17, 15) is 20.1 Å². The molecule has 0 aliphatic carbocycles. The Hall–Kier alpha value is -2.73. The van der Waals surface area contributed by atoms with Gasteiger partial charge in [0.15, 0.2) is 6.23 Å². The fourth-order valence-corrected chi connectivity index (χ4v) is 2.72. The summed E-state index contributed by atoms with van der Waals surface area (Å²) in [6.45, 7) is 11.0. The molecule has 0 radical (unpaired) electrons. The van der Waals surface area contributed by atoms with Crippen LogP contribution in [0.15, 0.2) is 17.5 Å². The molecule has 12 heteroatoms. The second-order valence-electron chi connectivity index (χ2n) is 8.26. The number of hydrogen-bond acceptors (Lipinski definition) is 9. The van der Waals surface area contributed by atoms with Gasteiger partial charge in [0.2, 0.25) is 0 Å². The molecule has 1 rings (SSSR count). The fraction of sp³-hybridized carbons (Fsp3) is 0.737. The number of alkyl carbamates (subject to hydrolysis) is 1. The van der Waals surface area contributed by atoms with E-state index in [0.29, 0.717) is 18.7 Å². The molecule has 3 atom stereocenters. The lowest BCUT2D eigenvalue weighted by Gasteiger charge is -2.27. The molecule has 3 unspecified atom stereocenters. The van der Waals surface area contributed by atoms with E-state index in [1.54, 1.807) is 27.7 Å². The minimum Gasteiger partial charge on any atom is -0.444 e. The van der Waals surface area contributed by atoms with E-state index in [2.05, 4.69) is 20.9 Å². The summed E-state index contributed by atoms with van der Waals surface area (Å²) in [5.41, 5.74) is 2.67. The van der Waals surface area contributed by atoms with Crippen LogP contribution >= 0.6 is 0 Å². The maximum Gasteiger partial charge on any atom is 0.434 e. The zero-order chi connectivity index (χ0) is 23.6. The van der Waals surface area contributed by atoms with Crippen LogP contribution in [0.2, 0.25) is 0 Å². The molecule has 0 spiro atoms. The summed E-state index contributed by atoms with van der Waals surface area (Å²) in [6, 6.07) is -0.690. The molecule has 12 nitrogen and oxygen atoms in total. The normalized spacial score (nSPS) is 15.2. The van der Waals surface area contributed by atoms with Crippen molar-refractivity contribution in [2.24, 2.45) is 11.1 Å². The monoisotopic (exact) mass is 442 g/mol. The lowest BCUT2D eigenvalue weighted by atomic mass is 10.0. The summed E-state index contributed by atoms with van der Waals surface area (Å²) in [6.07, 6.45) is 3.51. The van der Waals surface area contributed by atoms with Gasteiger partial charge in [-0.25, -0.2) is 9.36 Å². The number of amides is 1. The predicted octanol–water partition coefficient (Wildman–Crippen LogP) is 3.38. The van der Waals surface area contributed by atoms with E-state index < -0.39 is 28.9 Å². The highest BCUT2D eigenvalue weighted by Crippen LogP contribution is 2.20. The Kier molecular flexibility index (Phi) is 10.4. The van der Waals surface area contributed by atoms with Crippen LogP contribution in [-0.4, -0.2) is 49.9 Å². The summed E-state index contributed by atoms with van der Waals surface area (Å²) in [5.74, 6) is -0.508. The van der Waals surface area contributed by atoms with Crippen molar-refractivity contribution >= 4 is 17.8 Å². The summed E-state index contributed by atoms with van der Waals surface area (Å²) < 4.78 is 6.56. The summed E-state index contributed by atoms with van der Waals surface area (Å²) in [5, 5.41) is 26.4. The van der Waals surface area contributed by atoms with E-state index in [1.165, 1.54) is 17.0 Å². The van der Waals surface area contributed by atoms with Crippen molar-refractivity contribution in [3.05, 3.63) is 22.5 Å². The molecule has 0 bridgehead atoms. The average Bonchev–Trinajstić information content (AvgIpc) is 3.16. The van der Waals surface area contributed by atoms with Crippen molar-refractivity contribution in [2.45, 2.75) is 78.7 Å². The first-order valence-corrected chi connectivity index (χ1v) is 10.3. The highest BCUT2D eigenvalue weighted by atomic mass is 16.7. The second-order valence-corrected chi connectivity index (χ2v) is 8.26. The van der Waals surface area contributed by atoms with Crippen molar-refractivity contribution in [3.8, 4) is 0 Å². The zero-order valence-corrected chi connectivity index (χ0v) is 19.0. The van der Waals surface area contributed by atoms with Gasteiger partial charge in [-0.2, -0.15) is 5.48 Å². The van der Waals surface area contributed by atoms with Crippen LogP contribution in [0.4, 0.5) is 10.7 Å². The number of imidazole rings is 1. The lowest BCUT2D eigenvalue weighted by Crippen LogP contribution is -2.47. The molecule has 0 aliphatic rings. The number of unbranched alkanes of at least 4 members (excludes halogenated alkanes) is 1. The van der Waals surface area contributed by atoms with Crippen molar-refractivity contribution in [1.82, 2.24) is 20.3 Å². The molecule has 0 aromatic carbocycles. The van der Waals surface area contributed by atoms with Crippen LogP contribution in [0.25, 0.3) is 0 Å². The number of nitro groups is 1. The number of rotatable bonds is 12. The first-order chi connectivity index (χ1) is 14.5. The van der Waals surface area contributed by atoms with Gasteiger partial charge in [0.05, 0.1) is 5.71 Å². The van der Waals surface area contributed by atoms with Gasteiger partial charge in [-0.05, 0) is 45.5 Å². The van der Waals surface area contributed by atoms with Crippen molar-refractivity contribution < 1.29 is 24.5 Å². The van der Waals surface area contributed by atoms with Gasteiger partial charge in [-0.3, -0.25) is 10.2 Å².